The molecule has 1 aliphatic heterocycles. The molecule has 36 heavy (non-hydrogen) atoms. The average molecular weight is 543 g/mol. The Labute approximate surface area is 222 Å². The number of piperidine rings is 1. The molecule has 0 radical (unpaired) electrons. The molecule has 1 aliphatic rings. The first-order chi connectivity index (χ1) is 17.1. The first-order valence-corrected chi connectivity index (χ1v) is 13.5. The van der Waals surface area contributed by atoms with Gasteiger partial charge in [-0.2, -0.15) is 13.2 Å². The van der Waals surface area contributed by atoms with E-state index in [1.807, 2.05) is 26.0 Å². The molecule has 0 N–H and O–H groups in total. The number of halogens is 5. The Kier molecular flexibility index (Phi) is 9.75. The molecule has 1 saturated heterocycles. The minimum absolute atomic E-state index is 0.343. The van der Waals surface area contributed by atoms with Crippen LogP contribution in [0, 0.1) is 12.8 Å². The minimum Gasteiger partial charge on any atom is -0.331 e. The van der Waals surface area contributed by atoms with Crippen LogP contribution < -0.4 is 0 Å². The average Bonchev–Trinajstić information content (AvgIpc) is 3.16. The lowest BCUT2D eigenvalue weighted by atomic mass is 9.92. The Morgan fingerprint density at radius 1 is 1.08 bits per heavy atom. The van der Waals surface area contributed by atoms with Crippen LogP contribution in [-0.2, 0) is 26.2 Å². The number of aryl methyl sites for hydroxylation is 2. The van der Waals surface area contributed by atoms with E-state index < -0.39 is 11.7 Å². The third-order valence-electron chi connectivity index (χ3n) is 7.00. The van der Waals surface area contributed by atoms with Gasteiger partial charge in [-0.05, 0) is 73.7 Å². The topological polar surface area (TPSA) is 21.1 Å². The summed E-state index contributed by atoms with van der Waals surface area (Å²) in [6.45, 7) is 10.8. The van der Waals surface area contributed by atoms with Crippen molar-refractivity contribution < 1.29 is 13.2 Å². The van der Waals surface area contributed by atoms with E-state index in [2.05, 4.69) is 16.8 Å². The van der Waals surface area contributed by atoms with Gasteiger partial charge in [-0.15, -0.1) is 0 Å². The number of hydrogen-bond acceptors (Lipinski definition) is 2. The molecule has 1 aromatic heterocycles. The number of rotatable bonds is 6. The number of benzene rings is 2. The maximum absolute atomic E-state index is 13.3. The first kappa shape index (κ1) is 28.8. The highest BCUT2D eigenvalue weighted by Crippen LogP contribution is 2.35. The molecule has 2 heterocycles. The van der Waals surface area contributed by atoms with Gasteiger partial charge >= 0.3 is 6.18 Å². The zero-order chi connectivity index (χ0) is 26.6. The van der Waals surface area contributed by atoms with Gasteiger partial charge in [0.2, 0.25) is 0 Å². The lowest BCUT2D eigenvalue weighted by Crippen LogP contribution is -2.33. The van der Waals surface area contributed by atoms with E-state index in [9.17, 15) is 13.2 Å². The third-order valence-corrected chi connectivity index (χ3v) is 7.82. The Morgan fingerprint density at radius 2 is 1.75 bits per heavy atom. The van der Waals surface area contributed by atoms with Crippen LogP contribution in [0.25, 0.3) is 11.0 Å². The van der Waals surface area contributed by atoms with Crippen molar-refractivity contribution in [1.29, 1.82) is 0 Å². The smallest absolute Gasteiger partial charge is 0.331 e. The standard InChI is InChI=1S/C26H30Cl2F3N3.C2H6/c1-4-5-17-8-10-34(11-9-17)15-18-6-7-21(27)20(24(18)28)14-23-32-25-16(2)12-19(26(29,30)31)13-22(25)33(23)3;1-2/h6-7,12-13,17H,4-5,8-11,14-15H2,1-3H3;1-2H3. The van der Waals surface area contributed by atoms with Gasteiger partial charge in [0.1, 0.15) is 5.82 Å². The van der Waals surface area contributed by atoms with Crippen molar-refractivity contribution in [2.75, 3.05) is 13.1 Å². The summed E-state index contributed by atoms with van der Waals surface area (Å²) in [5.74, 6) is 1.44. The van der Waals surface area contributed by atoms with Gasteiger partial charge in [-0.25, -0.2) is 4.98 Å². The summed E-state index contributed by atoms with van der Waals surface area (Å²) in [5.41, 5.74) is 2.60. The number of likely N-dealkylation sites (tertiary alicyclic amines) is 1. The molecule has 1 fully saturated rings. The summed E-state index contributed by atoms with van der Waals surface area (Å²) in [5, 5.41) is 1.15. The van der Waals surface area contributed by atoms with E-state index in [0.29, 0.717) is 38.9 Å². The van der Waals surface area contributed by atoms with Crippen LogP contribution in [0.2, 0.25) is 10.0 Å². The van der Waals surface area contributed by atoms with Crippen molar-refractivity contribution in [2.24, 2.45) is 13.0 Å². The molecule has 0 unspecified atom stereocenters. The van der Waals surface area contributed by atoms with E-state index in [4.69, 9.17) is 23.2 Å². The van der Waals surface area contributed by atoms with Crippen molar-refractivity contribution in [2.45, 2.75) is 72.5 Å². The fourth-order valence-electron chi connectivity index (χ4n) is 5.00. The summed E-state index contributed by atoms with van der Waals surface area (Å²) in [6, 6.07) is 6.13. The zero-order valence-corrected chi connectivity index (χ0v) is 23.3. The minimum atomic E-state index is -4.41. The van der Waals surface area contributed by atoms with E-state index in [0.717, 1.165) is 48.8 Å². The summed E-state index contributed by atoms with van der Waals surface area (Å²) in [4.78, 5) is 7.08. The molecular weight excluding hydrogens is 506 g/mol. The Bertz CT molecular complexity index is 1180. The van der Waals surface area contributed by atoms with Crippen molar-refractivity contribution in [3.8, 4) is 0 Å². The molecule has 0 aliphatic carbocycles. The molecule has 2 aromatic carbocycles. The fraction of sp³-hybridized carbons (Fsp3) is 0.536. The van der Waals surface area contributed by atoms with E-state index in [-0.39, 0.29) is 0 Å². The van der Waals surface area contributed by atoms with Crippen LogP contribution >= 0.6 is 23.2 Å². The van der Waals surface area contributed by atoms with Crippen LogP contribution in [0.5, 0.6) is 0 Å². The van der Waals surface area contributed by atoms with Crippen LogP contribution in [0.15, 0.2) is 24.3 Å². The molecule has 0 atom stereocenters. The molecule has 0 bridgehead atoms. The Morgan fingerprint density at radius 3 is 2.36 bits per heavy atom. The van der Waals surface area contributed by atoms with E-state index in [1.54, 1.807) is 18.5 Å². The van der Waals surface area contributed by atoms with E-state index in [1.165, 1.54) is 25.7 Å². The number of aromatic nitrogens is 2. The lowest BCUT2D eigenvalue weighted by molar-refractivity contribution is -0.137. The SMILES string of the molecule is CC.CCCC1CCN(Cc2ccc(Cl)c(Cc3nc4c(C)cc(C(F)(F)F)cc4n3C)c2Cl)CC1. The monoisotopic (exact) mass is 541 g/mol. The maximum Gasteiger partial charge on any atom is 0.416 e. The molecule has 4 rings (SSSR count). The van der Waals surface area contributed by atoms with Crippen molar-refractivity contribution >= 4 is 34.2 Å². The van der Waals surface area contributed by atoms with Crippen LogP contribution in [0.3, 0.4) is 0 Å². The van der Waals surface area contributed by atoms with Crippen molar-refractivity contribution in [3.63, 3.8) is 0 Å². The van der Waals surface area contributed by atoms with Gasteiger partial charge in [0.25, 0.3) is 0 Å². The second-order valence-corrected chi connectivity index (χ2v) is 10.2. The molecule has 198 valence electrons. The number of fused-ring (bicyclic) bond motifs is 1. The second-order valence-electron chi connectivity index (χ2n) is 9.43. The normalized spacial score (nSPS) is 15.3. The van der Waals surface area contributed by atoms with Gasteiger partial charge in [0.05, 0.1) is 21.6 Å². The number of imidazole rings is 1. The fourth-order valence-corrected chi connectivity index (χ4v) is 5.56. The van der Waals surface area contributed by atoms with Gasteiger partial charge in [-0.1, -0.05) is 62.9 Å². The van der Waals surface area contributed by atoms with Crippen molar-refractivity contribution in [1.82, 2.24) is 14.5 Å². The molecule has 0 saturated carbocycles. The van der Waals surface area contributed by atoms with Crippen molar-refractivity contribution in [3.05, 3.63) is 62.4 Å². The molecular formula is C28H36Cl2F3N3. The maximum atomic E-state index is 13.3. The van der Waals surface area contributed by atoms with Gasteiger partial charge in [0, 0.05) is 25.0 Å². The zero-order valence-electron chi connectivity index (χ0n) is 21.8. The molecule has 0 amide bonds. The highest BCUT2D eigenvalue weighted by Gasteiger charge is 2.32. The lowest BCUT2D eigenvalue weighted by Gasteiger charge is -2.32. The van der Waals surface area contributed by atoms with E-state index >= 15 is 0 Å². The first-order valence-electron chi connectivity index (χ1n) is 12.8. The highest BCUT2D eigenvalue weighted by atomic mass is 35.5. The number of hydrogen-bond donors (Lipinski definition) is 0. The molecule has 0 spiro atoms. The van der Waals surface area contributed by atoms with Crippen LogP contribution in [0.1, 0.15) is 74.5 Å². The molecule has 3 nitrogen and oxygen atoms in total. The van der Waals surface area contributed by atoms with Gasteiger partial charge in [0.15, 0.2) is 0 Å². The van der Waals surface area contributed by atoms with Crippen LogP contribution in [-0.4, -0.2) is 27.5 Å². The predicted octanol–water partition coefficient (Wildman–Crippen LogP) is 8.84. The largest absolute Gasteiger partial charge is 0.416 e. The summed E-state index contributed by atoms with van der Waals surface area (Å²) in [6.07, 6.45) is 0.888. The quantitative estimate of drug-likeness (QED) is 0.310. The Balaban J connectivity index is 0.00000176. The molecule has 8 heteroatoms. The van der Waals surface area contributed by atoms with Crippen LogP contribution in [0.4, 0.5) is 13.2 Å². The van der Waals surface area contributed by atoms with Gasteiger partial charge < -0.3 is 4.57 Å². The summed E-state index contributed by atoms with van der Waals surface area (Å²) in [7, 11) is 1.73. The summed E-state index contributed by atoms with van der Waals surface area (Å²) >= 11 is 13.4. The number of nitrogens with zero attached hydrogens (tertiary/aromatic N) is 3. The predicted molar refractivity (Wildman–Crippen MR) is 144 cm³/mol. The summed E-state index contributed by atoms with van der Waals surface area (Å²) < 4.78 is 41.6. The Hall–Kier alpha value is -1.76. The third kappa shape index (κ3) is 6.38. The number of alkyl halides is 3. The molecule has 3 aromatic rings. The van der Waals surface area contributed by atoms with Gasteiger partial charge in [-0.3, -0.25) is 4.90 Å². The second kappa shape index (κ2) is 12.2. The highest BCUT2D eigenvalue weighted by molar-refractivity contribution is 6.36.